The first-order valence-corrected chi connectivity index (χ1v) is 7.03. The van der Waals surface area contributed by atoms with E-state index in [4.69, 9.17) is 5.73 Å². The Morgan fingerprint density at radius 2 is 1.74 bits per heavy atom. The minimum atomic E-state index is 0.156. The van der Waals surface area contributed by atoms with Gasteiger partial charge in [0.2, 0.25) is 0 Å². The predicted molar refractivity (Wildman–Crippen MR) is 82.2 cm³/mol. The highest BCUT2D eigenvalue weighted by Gasteiger charge is 2.09. The van der Waals surface area contributed by atoms with Gasteiger partial charge < -0.3 is 5.73 Å². The molecule has 0 aliphatic heterocycles. The second-order valence-electron chi connectivity index (χ2n) is 5.34. The first kappa shape index (κ1) is 13.8. The van der Waals surface area contributed by atoms with Crippen LogP contribution in [-0.2, 0) is 6.42 Å². The van der Waals surface area contributed by atoms with Crippen LogP contribution in [0.1, 0.15) is 41.1 Å². The third-order valence-electron chi connectivity index (χ3n) is 3.66. The van der Waals surface area contributed by atoms with Gasteiger partial charge in [-0.3, -0.25) is 0 Å². The Hall–Kier alpha value is -1.60. The van der Waals surface area contributed by atoms with Crippen molar-refractivity contribution in [3.05, 3.63) is 70.8 Å². The fourth-order valence-corrected chi connectivity index (χ4v) is 2.49. The quantitative estimate of drug-likeness (QED) is 0.843. The molecule has 1 nitrogen and oxygen atoms in total. The molecule has 19 heavy (non-hydrogen) atoms. The maximum atomic E-state index is 6.33. The van der Waals surface area contributed by atoms with E-state index in [2.05, 4.69) is 62.4 Å². The molecule has 100 valence electrons. The smallest absolute Gasteiger partial charge is 0.0297 e. The van der Waals surface area contributed by atoms with Crippen molar-refractivity contribution in [2.75, 3.05) is 0 Å². The molecule has 1 unspecified atom stereocenters. The summed E-state index contributed by atoms with van der Waals surface area (Å²) in [4.78, 5) is 0. The lowest BCUT2D eigenvalue weighted by atomic mass is 9.95. The lowest BCUT2D eigenvalue weighted by Gasteiger charge is -2.15. The Labute approximate surface area is 116 Å². The molecular formula is C18H23N. The van der Waals surface area contributed by atoms with Gasteiger partial charge in [-0.15, -0.1) is 0 Å². The van der Waals surface area contributed by atoms with Gasteiger partial charge in [0, 0.05) is 6.04 Å². The Bertz CT molecular complexity index is 516. The Morgan fingerprint density at radius 1 is 1.00 bits per heavy atom. The van der Waals surface area contributed by atoms with Gasteiger partial charge in [0.15, 0.2) is 0 Å². The summed E-state index contributed by atoms with van der Waals surface area (Å²) in [5.41, 5.74) is 11.6. The van der Waals surface area contributed by atoms with Gasteiger partial charge in [-0.25, -0.2) is 0 Å². The van der Waals surface area contributed by atoms with E-state index in [0.717, 1.165) is 19.3 Å². The highest BCUT2D eigenvalue weighted by atomic mass is 14.6. The average molecular weight is 253 g/mol. The second-order valence-corrected chi connectivity index (χ2v) is 5.34. The Morgan fingerprint density at radius 3 is 2.47 bits per heavy atom. The highest BCUT2D eigenvalue weighted by Crippen LogP contribution is 2.22. The van der Waals surface area contributed by atoms with Crippen molar-refractivity contribution in [2.45, 2.75) is 39.2 Å². The molecule has 0 aromatic heterocycles. The molecule has 0 saturated carbocycles. The van der Waals surface area contributed by atoms with Crippen LogP contribution in [0.2, 0.25) is 0 Å². The zero-order chi connectivity index (χ0) is 13.7. The maximum absolute atomic E-state index is 6.33. The average Bonchev–Trinajstić information content (AvgIpc) is 2.42. The maximum Gasteiger partial charge on any atom is 0.0297 e. The van der Waals surface area contributed by atoms with Crippen LogP contribution in [0, 0.1) is 13.8 Å². The third-order valence-corrected chi connectivity index (χ3v) is 3.66. The molecule has 2 N–H and O–H groups in total. The molecule has 1 heteroatoms. The summed E-state index contributed by atoms with van der Waals surface area (Å²) in [6, 6.07) is 17.3. The molecule has 2 aromatic rings. The number of benzene rings is 2. The summed E-state index contributed by atoms with van der Waals surface area (Å²) in [5, 5.41) is 0. The molecule has 0 amide bonds. The summed E-state index contributed by atoms with van der Waals surface area (Å²) in [5.74, 6) is 0. The van der Waals surface area contributed by atoms with Gasteiger partial charge in [-0.1, -0.05) is 54.1 Å². The van der Waals surface area contributed by atoms with Crippen LogP contribution in [0.3, 0.4) is 0 Å². The van der Waals surface area contributed by atoms with Crippen molar-refractivity contribution in [3.63, 3.8) is 0 Å². The van der Waals surface area contributed by atoms with E-state index < -0.39 is 0 Å². The van der Waals surface area contributed by atoms with E-state index in [9.17, 15) is 0 Å². The monoisotopic (exact) mass is 253 g/mol. The Balaban J connectivity index is 1.91. The Kier molecular flexibility index (Phi) is 4.75. The fraction of sp³-hybridized carbons (Fsp3) is 0.333. The summed E-state index contributed by atoms with van der Waals surface area (Å²) in [6.45, 7) is 4.27. The van der Waals surface area contributed by atoms with E-state index in [0.29, 0.717) is 0 Å². The SMILES string of the molecule is Cc1ccc(C)c(C(N)CCCc2ccccc2)c1. The largest absolute Gasteiger partial charge is 0.324 e. The van der Waals surface area contributed by atoms with E-state index in [1.165, 1.54) is 22.3 Å². The van der Waals surface area contributed by atoms with Crippen molar-refractivity contribution < 1.29 is 0 Å². The normalized spacial score (nSPS) is 12.4. The fourth-order valence-electron chi connectivity index (χ4n) is 2.49. The lowest BCUT2D eigenvalue weighted by molar-refractivity contribution is 0.608. The third kappa shape index (κ3) is 3.93. The number of aryl methyl sites for hydroxylation is 3. The molecule has 0 bridgehead atoms. The first-order valence-electron chi connectivity index (χ1n) is 7.03. The van der Waals surface area contributed by atoms with Crippen LogP contribution in [0.5, 0.6) is 0 Å². The van der Waals surface area contributed by atoms with E-state index >= 15 is 0 Å². The van der Waals surface area contributed by atoms with Crippen molar-refractivity contribution in [1.82, 2.24) is 0 Å². The van der Waals surface area contributed by atoms with Gasteiger partial charge in [-0.05, 0) is 49.8 Å². The minimum absolute atomic E-state index is 0.156. The topological polar surface area (TPSA) is 26.0 Å². The number of hydrogen-bond donors (Lipinski definition) is 1. The van der Waals surface area contributed by atoms with Crippen LogP contribution >= 0.6 is 0 Å². The zero-order valence-corrected chi connectivity index (χ0v) is 11.9. The van der Waals surface area contributed by atoms with E-state index in [1.807, 2.05) is 0 Å². The van der Waals surface area contributed by atoms with Crippen LogP contribution in [0.15, 0.2) is 48.5 Å². The molecule has 0 saturated heterocycles. The molecule has 2 rings (SSSR count). The van der Waals surface area contributed by atoms with Crippen molar-refractivity contribution in [1.29, 1.82) is 0 Å². The molecule has 0 spiro atoms. The predicted octanol–water partition coefficient (Wildman–Crippen LogP) is 4.33. The van der Waals surface area contributed by atoms with Crippen molar-refractivity contribution in [3.8, 4) is 0 Å². The van der Waals surface area contributed by atoms with Crippen molar-refractivity contribution in [2.24, 2.45) is 5.73 Å². The van der Waals surface area contributed by atoms with Gasteiger partial charge in [0.1, 0.15) is 0 Å². The standard InChI is InChI=1S/C18H23N/c1-14-11-12-15(2)17(13-14)18(19)10-6-9-16-7-4-3-5-8-16/h3-5,7-8,11-13,18H,6,9-10,19H2,1-2H3. The molecule has 1 atom stereocenters. The molecule has 2 aromatic carbocycles. The van der Waals surface area contributed by atoms with Crippen molar-refractivity contribution >= 4 is 0 Å². The molecular weight excluding hydrogens is 230 g/mol. The first-order chi connectivity index (χ1) is 9.16. The van der Waals surface area contributed by atoms with Crippen LogP contribution in [0.4, 0.5) is 0 Å². The number of rotatable bonds is 5. The molecule has 0 heterocycles. The summed E-state index contributed by atoms with van der Waals surface area (Å²) < 4.78 is 0. The van der Waals surface area contributed by atoms with Gasteiger partial charge in [0.05, 0.1) is 0 Å². The van der Waals surface area contributed by atoms with E-state index in [1.54, 1.807) is 0 Å². The summed E-state index contributed by atoms with van der Waals surface area (Å²) >= 11 is 0. The molecule has 0 fully saturated rings. The summed E-state index contributed by atoms with van der Waals surface area (Å²) in [7, 11) is 0. The van der Waals surface area contributed by atoms with Crippen LogP contribution in [0.25, 0.3) is 0 Å². The van der Waals surface area contributed by atoms with Gasteiger partial charge in [0.25, 0.3) is 0 Å². The van der Waals surface area contributed by atoms with Gasteiger partial charge >= 0.3 is 0 Å². The van der Waals surface area contributed by atoms with Gasteiger partial charge in [-0.2, -0.15) is 0 Å². The number of hydrogen-bond acceptors (Lipinski definition) is 1. The highest BCUT2D eigenvalue weighted by molar-refractivity contribution is 5.32. The molecule has 0 aliphatic rings. The number of nitrogens with two attached hydrogens (primary N) is 1. The minimum Gasteiger partial charge on any atom is -0.324 e. The molecule has 0 radical (unpaired) electrons. The summed E-state index contributed by atoms with van der Waals surface area (Å²) in [6.07, 6.45) is 3.29. The van der Waals surface area contributed by atoms with E-state index in [-0.39, 0.29) is 6.04 Å². The van der Waals surface area contributed by atoms with Crippen LogP contribution in [-0.4, -0.2) is 0 Å². The van der Waals surface area contributed by atoms with Crippen LogP contribution < -0.4 is 5.73 Å². The lowest BCUT2D eigenvalue weighted by Crippen LogP contribution is -2.12. The second kappa shape index (κ2) is 6.53. The molecule has 0 aliphatic carbocycles. The zero-order valence-electron chi connectivity index (χ0n) is 11.9.